The van der Waals surface area contributed by atoms with Crippen molar-refractivity contribution >= 4 is 28.1 Å². The van der Waals surface area contributed by atoms with Gasteiger partial charge in [-0.25, -0.2) is 13.8 Å². The Kier molecular flexibility index (Phi) is 6.47. The van der Waals surface area contributed by atoms with Crippen molar-refractivity contribution in [1.29, 1.82) is 0 Å². The number of carbonyl (C=O) groups excluding carboxylic acids is 1. The molecule has 3 aromatic rings. The number of benzene rings is 2. The molecule has 0 aliphatic heterocycles. The largest absolute Gasteiger partial charge is 0.416 e. The highest BCUT2D eigenvalue weighted by Gasteiger charge is 2.31. The standard InChI is InChI=1S/C20H16F5N3OS/c21-13-5-8-15(16(22)10-13)17-11-30-19(27-17)28(18(29)2-1-9-26)14-6-3-12(4-7-14)20(23,24)25/h3-8,10-11H,1-2,9,26H2. The fourth-order valence-electron chi connectivity index (χ4n) is 2.71. The first-order valence-corrected chi connectivity index (χ1v) is 9.70. The smallest absolute Gasteiger partial charge is 0.330 e. The van der Waals surface area contributed by atoms with Gasteiger partial charge in [0.2, 0.25) is 5.91 Å². The lowest BCUT2D eigenvalue weighted by molar-refractivity contribution is -0.137. The van der Waals surface area contributed by atoms with Crippen molar-refractivity contribution in [2.24, 2.45) is 5.73 Å². The van der Waals surface area contributed by atoms with Crippen molar-refractivity contribution in [1.82, 2.24) is 4.98 Å². The molecule has 0 spiro atoms. The molecular formula is C20H16F5N3OS. The van der Waals surface area contributed by atoms with E-state index in [1.165, 1.54) is 28.5 Å². The fourth-order valence-corrected chi connectivity index (χ4v) is 3.57. The molecular weight excluding hydrogens is 425 g/mol. The van der Waals surface area contributed by atoms with E-state index in [2.05, 4.69) is 4.98 Å². The van der Waals surface area contributed by atoms with E-state index in [0.717, 1.165) is 29.5 Å². The van der Waals surface area contributed by atoms with E-state index in [4.69, 9.17) is 5.73 Å². The van der Waals surface area contributed by atoms with Crippen LogP contribution in [0.2, 0.25) is 0 Å². The number of hydrogen-bond acceptors (Lipinski definition) is 4. The average Bonchev–Trinajstić information content (AvgIpc) is 3.15. The average molecular weight is 441 g/mol. The van der Waals surface area contributed by atoms with Crippen LogP contribution in [0.3, 0.4) is 0 Å². The first-order valence-electron chi connectivity index (χ1n) is 8.82. The molecule has 0 aliphatic carbocycles. The molecule has 1 aromatic heterocycles. The Morgan fingerprint density at radius 3 is 2.40 bits per heavy atom. The summed E-state index contributed by atoms with van der Waals surface area (Å²) >= 11 is 1.01. The maximum absolute atomic E-state index is 14.1. The molecule has 0 bridgehead atoms. The van der Waals surface area contributed by atoms with E-state index in [9.17, 15) is 26.7 Å². The summed E-state index contributed by atoms with van der Waals surface area (Å²) in [6, 6.07) is 7.10. The second-order valence-electron chi connectivity index (χ2n) is 6.31. The van der Waals surface area contributed by atoms with E-state index >= 15 is 0 Å². The van der Waals surface area contributed by atoms with E-state index in [1.807, 2.05) is 0 Å². The van der Waals surface area contributed by atoms with Crippen LogP contribution in [0.4, 0.5) is 32.8 Å². The molecule has 0 aliphatic rings. The number of nitrogens with zero attached hydrogens (tertiary/aromatic N) is 2. The molecule has 0 fully saturated rings. The SMILES string of the molecule is NCCCC(=O)N(c1ccc(C(F)(F)F)cc1)c1nc(-c2ccc(F)cc2F)cs1. The van der Waals surface area contributed by atoms with Gasteiger partial charge in [-0.3, -0.25) is 9.69 Å². The lowest BCUT2D eigenvalue weighted by Gasteiger charge is -2.20. The van der Waals surface area contributed by atoms with Gasteiger partial charge in [0, 0.05) is 23.4 Å². The zero-order chi connectivity index (χ0) is 21.9. The second-order valence-corrected chi connectivity index (χ2v) is 7.14. The Morgan fingerprint density at radius 2 is 1.80 bits per heavy atom. The maximum atomic E-state index is 14.1. The van der Waals surface area contributed by atoms with Gasteiger partial charge in [-0.05, 0) is 49.4 Å². The van der Waals surface area contributed by atoms with Gasteiger partial charge in [-0.2, -0.15) is 13.2 Å². The fraction of sp³-hybridized carbons (Fsp3) is 0.200. The number of amides is 1. The van der Waals surface area contributed by atoms with Crippen LogP contribution in [0, 0.1) is 11.6 Å². The van der Waals surface area contributed by atoms with E-state index < -0.39 is 29.3 Å². The number of thiazole rings is 1. The molecule has 3 rings (SSSR count). The quantitative estimate of drug-likeness (QED) is 0.513. The zero-order valence-electron chi connectivity index (χ0n) is 15.4. The summed E-state index contributed by atoms with van der Waals surface area (Å²) in [7, 11) is 0. The first kappa shape index (κ1) is 21.8. The highest BCUT2D eigenvalue weighted by molar-refractivity contribution is 7.14. The zero-order valence-corrected chi connectivity index (χ0v) is 16.2. The minimum atomic E-state index is -4.51. The van der Waals surface area contributed by atoms with Crippen LogP contribution in [0.15, 0.2) is 47.8 Å². The second kappa shape index (κ2) is 8.88. The molecule has 1 amide bonds. The number of alkyl halides is 3. The molecule has 158 valence electrons. The number of halogens is 5. The van der Waals surface area contributed by atoms with Crippen molar-refractivity contribution in [3.05, 3.63) is 65.0 Å². The molecule has 0 saturated carbocycles. The van der Waals surface area contributed by atoms with Crippen molar-refractivity contribution in [3.63, 3.8) is 0 Å². The predicted octanol–water partition coefficient (Wildman–Crippen LogP) is 5.51. The van der Waals surface area contributed by atoms with Gasteiger partial charge in [0.25, 0.3) is 0 Å². The highest BCUT2D eigenvalue weighted by Crippen LogP contribution is 2.36. The van der Waals surface area contributed by atoms with Crippen LogP contribution >= 0.6 is 11.3 Å². The number of hydrogen-bond donors (Lipinski definition) is 1. The molecule has 2 N–H and O–H groups in total. The molecule has 0 saturated heterocycles. The molecule has 0 radical (unpaired) electrons. The summed E-state index contributed by atoms with van der Waals surface area (Å²) < 4.78 is 65.8. The van der Waals surface area contributed by atoms with Gasteiger partial charge in [0.1, 0.15) is 11.6 Å². The van der Waals surface area contributed by atoms with Crippen molar-refractivity contribution in [3.8, 4) is 11.3 Å². The van der Waals surface area contributed by atoms with E-state index in [1.54, 1.807) is 0 Å². The maximum Gasteiger partial charge on any atom is 0.416 e. The van der Waals surface area contributed by atoms with Gasteiger partial charge in [0.05, 0.1) is 16.9 Å². The number of rotatable bonds is 6. The third-order valence-electron chi connectivity index (χ3n) is 4.19. The van der Waals surface area contributed by atoms with Gasteiger partial charge >= 0.3 is 6.18 Å². The minimum absolute atomic E-state index is 0.0423. The number of nitrogens with two attached hydrogens (primary N) is 1. The lowest BCUT2D eigenvalue weighted by Crippen LogP contribution is -2.26. The van der Waals surface area contributed by atoms with Crippen LogP contribution in [-0.4, -0.2) is 17.4 Å². The Bertz CT molecular complexity index is 1030. The lowest BCUT2D eigenvalue weighted by atomic mass is 10.1. The van der Waals surface area contributed by atoms with Crippen LogP contribution in [0.5, 0.6) is 0 Å². The van der Waals surface area contributed by atoms with Crippen LogP contribution < -0.4 is 10.6 Å². The molecule has 0 unspecified atom stereocenters. The Balaban J connectivity index is 1.99. The van der Waals surface area contributed by atoms with Crippen LogP contribution in [0.25, 0.3) is 11.3 Å². The molecule has 30 heavy (non-hydrogen) atoms. The summed E-state index contributed by atoms with van der Waals surface area (Å²) in [6.07, 6.45) is -4.08. The summed E-state index contributed by atoms with van der Waals surface area (Å²) in [6.45, 7) is 0.260. The molecule has 0 atom stereocenters. The van der Waals surface area contributed by atoms with E-state index in [0.29, 0.717) is 12.5 Å². The first-order chi connectivity index (χ1) is 14.2. The highest BCUT2D eigenvalue weighted by atomic mass is 32.1. The number of carbonyl (C=O) groups is 1. The number of aromatic nitrogens is 1. The third kappa shape index (κ3) is 4.82. The molecule has 1 heterocycles. The third-order valence-corrected chi connectivity index (χ3v) is 5.01. The minimum Gasteiger partial charge on any atom is -0.330 e. The van der Waals surface area contributed by atoms with Gasteiger partial charge in [0.15, 0.2) is 5.13 Å². The van der Waals surface area contributed by atoms with Crippen LogP contribution in [0.1, 0.15) is 18.4 Å². The summed E-state index contributed by atoms with van der Waals surface area (Å²) in [5, 5.41) is 1.63. The van der Waals surface area contributed by atoms with Crippen LogP contribution in [-0.2, 0) is 11.0 Å². The van der Waals surface area contributed by atoms with Gasteiger partial charge in [-0.15, -0.1) is 11.3 Å². The Hall–Kier alpha value is -2.85. The molecule has 2 aromatic carbocycles. The predicted molar refractivity (Wildman–Crippen MR) is 104 cm³/mol. The Labute approximate surface area is 172 Å². The summed E-state index contributed by atoms with van der Waals surface area (Å²) in [4.78, 5) is 18.2. The van der Waals surface area contributed by atoms with Gasteiger partial charge < -0.3 is 5.73 Å². The molecule has 4 nitrogen and oxygen atoms in total. The van der Waals surface area contributed by atoms with Crippen molar-refractivity contribution < 1.29 is 26.7 Å². The van der Waals surface area contributed by atoms with Crippen molar-refractivity contribution in [2.45, 2.75) is 19.0 Å². The topological polar surface area (TPSA) is 59.2 Å². The molecule has 10 heteroatoms. The normalized spacial score (nSPS) is 11.5. The van der Waals surface area contributed by atoms with Crippen molar-refractivity contribution in [2.75, 3.05) is 11.4 Å². The Morgan fingerprint density at radius 1 is 1.10 bits per heavy atom. The number of anilines is 2. The summed E-state index contributed by atoms with van der Waals surface area (Å²) in [5.41, 5.74) is 5.00. The summed E-state index contributed by atoms with van der Waals surface area (Å²) in [5.74, 6) is -1.97. The van der Waals surface area contributed by atoms with E-state index in [-0.39, 0.29) is 35.0 Å². The van der Waals surface area contributed by atoms with Gasteiger partial charge in [-0.1, -0.05) is 0 Å². The monoisotopic (exact) mass is 441 g/mol.